The largest absolute Gasteiger partial charge is 0.496 e. The number of methoxy groups -OCH3 is 3. The van der Waals surface area contributed by atoms with Crippen LogP contribution < -0.4 is 23.7 Å². The molecule has 5 rings (SSSR count). The molecule has 2 heterocycles. The standard InChI is InChI=1S/C29H28FNO6/c1-17-11-23-21(15-31(16-36-23)10-9-18-5-7-20(30)8-6-18)29-27(17)28(32)26(37-29)13-19-12-24(34-3)25(35-4)14-22(19)33-2/h5-8,11-14H,9-10,15-16H2,1-4H3/b26-13+. The molecule has 0 radical (unpaired) electrons. The zero-order valence-electron chi connectivity index (χ0n) is 21.2. The molecule has 3 aromatic rings. The molecular weight excluding hydrogens is 477 g/mol. The summed E-state index contributed by atoms with van der Waals surface area (Å²) in [5.74, 6) is 2.54. The molecule has 3 aromatic carbocycles. The Hall–Kier alpha value is -4.04. The topological polar surface area (TPSA) is 66.5 Å². The highest BCUT2D eigenvalue weighted by Gasteiger charge is 2.35. The van der Waals surface area contributed by atoms with Crippen molar-refractivity contribution in [3.8, 4) is 28.7 Å². The summed E-state index contributed by atoms with van der Waals surface area (Å²) in [5, 5.41) is 0. The van der Waals surface area contributed by atoms with Gasteiger partial charge in [-0.3, -0.25) is 9.69 Å². The van der Waals surface area contributed by atoms with Crippen LogP contribution in [0.5, 0.6) is 28.7 Å². The Morgan fingerprint density at radius 3 is 2.41 bits per heavy atom. The van der Waals surface area contributed by atoms with E-state index in [0.717, 1.165) is 23.1 Å². The highest BCUT2D eigenvalue weighted by atomic mass is 19.1. The lowest BCUT2D eigenvalue weighted by atomic mass is 9.98. The SMILES string of the molecule is COc1cc(OC)c(OC)cc1/C=C1/Oc2c3c(cc(C)c2C1=O)OCN(CCc1ccc(F)cc1)C3. The Balaban J connectivity index is 1.43. The van der Waals surface area contributed by atoms with Crippen molar-refractivity contribution in [3.63, 3.8) is 0 Å². The monoisotopic (exact) mass is 505 g/mol. The summed E-state index contributed by atoms with van der Waals surface area (Å²) in [4.78, 5) is 15.6. The van der Waals surface area contributed by atoms with E-state index < -0.39 is 0 Å². The minimum Gasteiger partial charge on any atom is -0.496 e. The first-order valence-corrected chi connectivity index (χ1v) is 11.9. The lowest BCUT2D eigenvalue weighted by molar-refractivity contribution is 0.0949. The number of ether oxygens (including phenoxy) is 5. The van der Waals surface area contributed by atoms with E-state index in [1.54, 1.807) is 51.7 Å². The van der Waals surface area contributed by atoms with Crippen molar-refractivity contribution in [3.05, 3.63) is 81.9 Å². The maximum Gasteiger partial charge on any atom is 0.232 e. The first kappa shape index (κ1) is 24.6. The van der Waals surface area contributed by atoms with Crippen LogP contribution in [0.2, 0.25) is 0 Å². The first-order chi connectivity index (χ1) is 17.9. The fourth-order valence-electron chi connectivity index (χ4n) is 4.66. The maximum atomic E-state index is 13.4. The number of hydrogen-bond acceptors (Lipinski definition) is 7. The number of aryl methyl sites for hydroxylation is 1. The van der Waals surface area contributed by atoms with Crippen molar-refractivity contribution >= 4 is 11.9 Å². The molecule has 0 saturated carbocycles. The van der Waals surface area contributed by atoms with Gasteiger partial charge in [-0.25, -0.2) is 4.39 Å². The fraction of sp³-hybridized carbons (Fsp3) is 0.276. The number of ketones is 1. The normalized spacial score (nSPS) is 15.6. The van der Waals surface area contributed by atoms with E-state index >= 15 is 0 Å². The van der Waals surface area contributed by atoms with Gasteiger partial charge in [-0.2, -0.15) is 0 Å². The molecule has 0 fully saturated rings. The van der Waals surface area contributed by atoms with E-state index in [1.165, 1.54) is 12.1 Å². The number of nitrogens with zero attached hydrogens (tertiary/aromatic N) is 1. The van der Waals surface area contributed by atoms with E-state index in [9.17, 15) is 9.18 Å². The van der Waals surface area contributed by atoms with Crippen molar-refractivity contribution in [1.29, 1.82) is 0 Å². The van der Waals surface area contributed by atoms with Crippen molar-refractivity contribution < 1.29 is 32.9 Å². The summed E-state index contributed by atoms with van der Waals surface area (Å²) in [5.41, 5.74) is 3.83. The van der Waals surface area contributed by atoms with Gasteiger partial charge in [0.15, 0.2) is 17.3 Å². The average molecular weight is 506 g/mol. The Kier molecular flexibility index (Phi) is 6.76. The summed E-state index contributed by atoms with van der Waals surface area (Å²) in [6.07, 6.45) is 2.40. The molecule has 2 aliphatic rings. The molecular formula is C29H28FNO6. The van der Waals surface area contributed by atoms with Crippen molar-refractivity contribution in [2.75, 3.05) is 34.6 Å². The van der Waals surface area contributed by atoms with Gasteiger partial charge in [0, 0.05) is 24.7 Å². The van der Waals surface area contributed by atoms with Gasteiger partial charge in [0.1, 0.15) is 29.8 Å². The molecule has 0 N–H and O–H groups in total. The number of carbonyl (C=O) groups is 1. The van der Waals surface area contributed by atoms with Crippen molar-refractivity contribution in [2.45, 2.75) is 19.9 Å². The zero-order valence-corrected chi connectivity index (χ0v) is 21.2. The van der Waals surface area contributed by atoms with E-state index in [0.29, 0.717) is 59.7 Å². The molecule has 0 bridgehead atoms. The van der Waals surface area contributed by atoms with Gasteiger partial charge in [-0.15, -0.1) is 0 Å². The van der Waals surface area contributed by atoms with Crippen LogP contribution in [-0.4, -0.2) is 45.3 Å². The summed E-state index contributed by atoms with van der Waals surface area (Å²) < 4.78 is 41.7. The quantitative estimate of drug-likeness (QED) is 0.411. The number of Topliss-reactive ketones (excluding diaryl/α,β-unsaturated/α-hetero) is 1. The van der Waals surface area contributed by atoms with E-state index in [1.807, 2.05) is 13.0 Å². The lowest BCUT2D eigenvalue weighted by Crippen LogP contribution is -2.33. The van der Waals surface area contributed by atoms with Gasteiger partial charge in [0.25, 0.3) is 0 Å². The maximum absolute atomic E-state index is 13.4. The number of hydrogen-bond donors (Lipinski definition) is 0. The first-order valence-electron chi connectivity index (χ1n) is 11.9. The highest BCUT2D eigenvalue weighted by Crippen LogP contribution is 2.45. The molecule has 37 heavy (non-hydrogen) atoms. The Morgan fingerprint density at radius 2 is 1.70 bits per heavy atom. The average Bonchev–Trinajstić information content (AvgIpc) is 3.24. The van der Waals surface area contributed by atoms with Crippen LogP contribution in [0.4, 0.5) is 4.39 Å². The third kappa shape index (κ3) is 4.72. The Bertz CT molecular complexity index is 1380. The molecule has 0 aliphatic carbocycles. The Labute approximate surface area is 215 Å². The number of rotatable bonds is 7. The summed E-state index contributed by atoms with van der Waals surface area (Å²) in [6, 6.07) is 11.9. The minimum atomic E-state index is -0.249. The lowest BCUT2D eigenvalue weighted by Gasteiger charge is -2.30. The summed E-state index contributed by atoms with van der Waals surface area (Å²) in [6.45, 7) is 3.59. The number of fused-ring (bicyclic) bond motifs is 3. The third-order valence-corrected chi connectivity index (χ3v) is 6.64. The van der Waals surface area contributed by atoms with Gasteiger partial charge in [-0.05, 0) is 54.8 Å². The van der Waals surface area contributed by atoms with Crippen LogP contribution in [0.25, 0.3) is 6.08 Å². The highest BCUT2D eigenvalue weighted by molar-refractivity contribution is 6.16. The van der Waals surface area contributed by atoms with Crippen LogP contribution in [0.15, 0.2) is 48.2 Å². The van der Waals surface area contributed by atoms with Crippen LogP contribution >= 0.6 is 0 Å². The molecule has 0 atom stereocenters. The molecule has 2 aliphatic heterocycles. The second-order valence-corrected chi connectivity index (χ2v) is 8.97. The molecule has 8 heteroatoms. The van der Waals surface area contributed by atoms with Gasteiger partial charge >= 0.3 is 0 Å². The number of allylic oxidation sites excluding steroid dienone is 1. The van der Waals surface area contributed by atoms with Crippen LogP contribution in [0.1, 0.15) is 32.6 Å². The van der Waals surface area contributed by atoms with Crippen LogP contribution in [0.3, 0.4) is 0 Å². The van der Waals surface area contributed by atoms with Gasteiger partial charge < -0.3 is 23.7 Å². The van der Waals surface area contributed by atoms with E-state index in [2.05, 4.69) is 4.90 Å². The predicted molar refractivity (Wildman–Crippen MR) is 136 cm³/mol. The number of carbonyl (C=O) groups excluding carboxylic acids is 1. The van der Waals surface area contributed by atoms with Gasteiger partial charge in [-0.1, -0.05) is 12.1 Å². The smallest absolute Gasteiger partial charge is 0.232 e. The van der Waals surface area contributed by atoms with E-state index in [-0.39, 0.29) is 17.4 Å². The van der Waals surface area contributed by atoms with E-state index in [4.69, 9.17) is 23.7 Å². The molecule has 0 spiro atoms. The third-order valence-electron chi connectivity index (χ3n) is 6.64. The predicted octanol–water partition coefficient (Wildman–Crippen LogP) is 5.17. The molecule has 0 aromatic heterocycles. The summed E-state index contributed by atoms with van der Waals surface area (Å²) in [7, 11) is 4.64. The molecule has 0 saturated heterocycles. The van der Waals surface area contributed by atoms with Crippen molar-refractivity contribution in [2.24, 2.45) is 0 Å². The Morgan fingerprint density at radius 1 is 1.00 bits per heavy atom. The molecule has 192 valence electrons. The number of halogens is 1. The summed E-state index contributed by atoms with van der Waals surface area (Å²) >= 11 is 0. The fourth-order valence-corrected chi connectivity index (χ4v) is 4.66. The molecule has 0 amide bonds. The second-order valence-electron chi connectivity index (χ2n) is 8.97. The van der Waals surface area contributed by atoms with Crippen LogP contribution in [-0.2, 0) is 13.0 Å². The molecule has 0 unspecified atom stereocenters. The second kappa shape index (κ2) is 10.1. The number of benzene rings is 3. The van der Waals surface area contributed by atoms with Gasteiger partial charge in [0.2, 0.25) is 5.78 Å². The van der Waals surface area contributed by atoms with Crippen LogP contribution in [0, 0.1) is 12.7 Å². The minimum absolute atomic E-state index is 0.195. The molecule has 7 nitrogen and oxygen atoms in total. The zero-order chi connectivity index (χ0) is 26.1. The van der Waals surface area contributed by atoms with Crippen molar-refractivity contribution in [1.82, 2.24) is 4.90 Å². The van der Waals surface area contributed by atoms with Gasteiger partial charge in [0.05, 0.1) is 32.5 Å².